The fourth-order valence-electron chi connectivity index (χ4n) is 1.79. The minimum atomic E-state index is 0.673. The lowest BCUT2D eigenvalue weighted by molar-refractivity contribution is 0.224. The predicted octanol–water partition coefficient (Wildman–Crippen LogP) is 1.14. The topological polar surface area (TPSA) is 34.0 Å². The number of piperidine rings is 1. The van der Waals surface area contributed by atoms with E-state index >= 15 is 0 Å². The fraction of sp³-hybridized carbons (Fsp3) is 0.778. The number of nitrogens with zero attached hydrogens (tertiary/aromatic N) is 4. The summed E-state index contributed by atoms with van der Waals surface area (Å²) in [5, 5.41) is 4.09. The van der Waals surface area contributed by atoms with Crippen LogP contribution in [0.3, 0.4) is 0 Å². The number of alkyl halides is 1. The minimum absolute atomic E-state index is 0.673. The first-order valence-electron chi connectivity index (χ1n) is 5.03. The van der Waals surface area contributed by atoms with E-state index in [1.807, 2.05) is 4.68 Å². The molecule has 1 aromatic rings. The van der Waals surface area contributed by atoms with Crippen molar-refractivity contribution in [1.82, 2.24) is 19.7 Å². The van der Waals surface area contributed by atoms with E-state index in [1.54, 1.807) is 12.7 Å². The van der Waals surface area contributed by atoms with Crippen molar-refractivity contribution in [2.24, 2.45) is 0 Å². The highest BCUT2D eigenvalue weighted by molar-refractivity contribution is 9.09. The van der Waals surface area contributed by atoms with Crippen LogP contribution in [0.4, 0.5) is 0 Å². The molecule has 1 aliphatic heterocycles. The average molecular weight is 259 g/mol. The molecule has 0 saturated carbocycles. The molecule has 2 heterocycles. The van der Waals surface area contributed by atoms with Crippen molar-refractivity contribution in [2.45, 2.75) is 24.2 Å². The van der Waals surface area contributed by atoms with Crippen LogP contribution in [-0.2, 0) is 6.54 Å². The number of aromatic nitrogens is 3. The summed E-state index contributed by atoms with van der Waals surface area (Å²) in [5.41, 5.74) is 0. The molecular weight excluding hydrogens is 244 g/mol. The maximum atomic E-state index is 4.09. The van der Waals surface area contributed by atoms with Crippen LogP contribution in [0.2, 0.25) is 0 Å². The smallest absolute Gasteiger partial charge is 0.137 e. The molecule has 1 unspecified atom stereocenters. The Morgan fingerprint density at radius 3 is 3.07 bits per heavy atom. The van der Waals surface area contributed by atoms with Gasteiger partial charge in [0.2, 0.25) is 0 Å². The molecule has 4 nitrogen and oxygen atoms in total. The Bertz CT molecular complexity index is 262. The van der Waals surface area contributed by atoms with Crippen LogP contribution in [0.15, 0.2) is 12.7 Å². The normalized spacial score (nSPS) is 23.9. The van der Waals surface area contributed by atoms with Gasteiger partial charge in [-0.15, -0.1) is 0 Å². The Hall–Kier alpha value is -0.420. The maximum Gasteiger partial charge on any atom is 0.137 e. The summed E-state index contributed by atoms with van der Waals surface area (Å²) in [6.45, 7) is 4.40. The zero-order valence-electron chi connectivity index (χ0n) is 8.14. The zero-order valence-corrected chi connectivity index (χ0v) is 9.73. The highest BCUT2D eigenvalue weighted by Crippen LogP contribution is 2.16. The third kappa shape index (κ3) is 2.78. The number of hydrogen-bond acceptors (Lipinski definition) is 3. The quantitative estimate of drug-likeness (QED) is 0.763. The van der Waals surface area contributed by atoms with Crippen molar-refractivity contribution in [3.63, 3.8) is 0 Å². The van der Waals surface area contributed by atoms with Crippen molar-refractivity contribution < 1.29 is 0 Å². The Labute approximate surface area is 92.4 Å². The van der Waals surface area contributed by atoms with E-state index < -0.39 is 0 Å². The van der Waals surface area contributed by atoms with Gasteiger partial charge in [-0.2, -0.15) is 5.10 Å². The van der Waals surface area contributed by atoms with E-state index in [4.69, 9.17) is 0 Å². The summed E-state index contributed by atoms with van der Waals surface area (Å²) in [4.78, 5) is 7.07. The monoisotopic (exact) mass is 258 g/mol. The molecule has 0 bridgehead atoms. The van der Waals surface area contributed by atoms with Gasteiger partial charge < -0.3 is 4.90 Å². The van der Waals surface area contributed by atoms with Gasteiger partial charge in [0.15, 0.2) is 0 Å². The number of likely N-dealkylation sites (tertiary alicyclic amines) is 1. The minimum Gasteiger partial charge on any atom is -0.300 e. The van der Waals surface area contributed by atoms with Gasteiger partial charge in [-0.3, -0.25) is 4.68 Å². The zero-order chi connectivity index (χ0) is 9.80. The molecule has 0 radical (unpaired) electrons. The summed E-state index contributed by atoms with van der Waals surface area (Å²) >= 11 is 3.67. The largest absolute Gasteiger partial charge is 0.300 e. The van der Waals surface area contributed by atoms with Crippen molar-refractivity contribution in [3.8, 4) is 0 Å². The number of hydrogen-bond donors (Lipinski definition) is 0. The molecule has 0 N–H and O–H groups in total. The molecule has 78 valence electrons. The number of rotatable bonds is 3. The molecule has 1 saturated heterocycles. The molecule has 1 atom stereocenters. The molecule has 0 amide bonds. The highest BCUT2D eigenvalue weighted by atomic mass is 79.9. The predicted molar refractivity (Wildman–Crippen MR) is 58.4 cm³/mol. The van der Waals surface area contributed by atoms with Gasteiger partial charge in [0, 0.05) is 17.9 Å². The summed E-state index contributed by atoms with van der Waals surface area (Å²) in [6.07, 6.45) is 5.96. The first-order chi connectivity index (χ1) is 6.84. The lowest BCUT2D eigenvalue weighted by Gasteiger charge is -2.29. The fourth-order valence-corrected chi connectivity index (χ4v) is 2.53. The standard InChI is InChI=1S/C9H15BrN4/c10-9-2-1-3-13(6-9)4-5-14-8-11-7-12-14/h7-9H,1-6H2. The Morgan fingerprint density at radius 2 is 2.36 bits per heavy atom. The van der Waals surface area contributed by atoms with Gasteiger partial charge in [-0.25, -0.2) is 4.98 Å². The molecular formula is C9H15BrN4. The van der Waals surface area contributed by atoms with Crippen LogP contribution in [0, 0.1) is 0 Å². The molecule has 2 rings (SSSR count). The second kappa shape index (κ2) is 4.89. The van der Waals surface area contributed by atoms with Crippen LogP contribution < -0.4 is 0 Å². The van der Waals surface area contributed by atoms with E-state index in [1.165, 1.54) is 19.4 Å². The first kappa shape index (κ1) is 10.1. The lowest BCUT2D eigenvalue weighted by Crippen LogP contribution is -2.37. The third-order valence-electron chi connectivity index (χ3n) is 2.56. The maximum absolute atomic E-state index is 4.09. The van der Waals surface area contributed by atoms with Crippen LogP contribution >= 0.6 is 15.9 Å². The Kier molecular flexibility index (Phi) is 3.53. The van der Waals surface area contributed by atoms with E-state index in [0.29, 0.717) is 4.83 Å². The second-order valence-corrected chi connectivity index (χ2v) is 4.99. The highest BCUT2D eigenvalue weighted by Gasteiger charge is 2.16. The summed E-state index contributed by atoms with van der Waals surface area (Å²) in [5.74, 6) is 0. The van der Waals surface area contributed by atoms with Gasteiger partial charge >= 0.3 is 0 Å². The molecule has 14 heavy (non-hydrogen) atoms. The van der Waals surface area contributed by atoms with Gasteiger partial charge in [-0.1, -0.05) is 15.9 Å². The SMILES string of the molecule is BrC1CCCN(CCn2cncn2)C1. The van der Waals surface area contributed by atoms with E-state index in [9.17, 15) is 0 Å². The van der Waals surface area contributed by atoms with E-state index in [-0.39, 0.29) is 0 Å². The summed E-state index contributed by atoms with van der Waals surface area (Å²) in [6, 6.07) is 0. The Morgan fingerprint density at radius 1 is 1.43 bits per heavy atom. The van der Waals surface area contributed by atoms with Gasteiger partial charge in [0.1, 0.15) is 12.7 Å². The number of halogens is 1. The summed E-state index contributed by atoms with van der Waals surface area (Å²) < 4.78 is 1.89. The van der Waals surface area contributed by atoms with Crippen LogP contribution in [0.5, 0.6) is 0 Å². The van der Waals surface area contributed by atoms with Crippen LogP contribution in [-0.4, -0.2) is 44.1 Å². The van der Waals surface area contributed by atoms with E-state index in [0.717, 1.165) is 19.6 Å². The molecule has 1 aliphatic rings. The first-order valence-corrected chi connectivity index (χ1v) is 5.95. The Balaban J connectivity index is 1.75. The van der Waals surface area contributed by atoms with Crippen molar-refractivity contribution in [1.29, 1.82) is 0 Å². The third-order valence-corrected chi connectivity index (χ3v) is 3.31. The molecule has 0 aromatic carbocycles. The van der Waals surface area contributed by atoms with Gasteiger partial charge in [0.05, 0.1) is 6.54 Å². The van der Waals surface area contributed by atoms with Gasteiger partial charge in [0.25, 0.3) is 0 Å². The van der Waals surface area contributed by atoms with Crippen molar-refractivity contribution >= 4 is 15.9 Å². The molecule has 5 heteroatoms. The second-order valence-electron chi connectivity index (χ2n) is 3.70. The van der Waals surface area contributed by atoms with Crippen LogP contribution in [0.25, 0.3) is 0 Å². The van der Waals surface area contributed by atoms with Crippen molar-refractivity contribution in [2.75, 3.05) is 19.6 Å². The van der Waals surface area contributed by atoms with Crippen molar-refractivity contribution in [3.05, 3.63) is 12.7 Å². The summed E-state index contributed by atoms with van der Waals surface area (Å²) in [7, 11) is 0. The molecule has 0 spiro atoms. The van der Waals surface area contributed by atoms with E-state index in [2.05, 4.69) is 30.9 Å². The van der Waals surface area contributed by atoms with Gasteiger partial charge in [-0.05, 0) is 19.4 Å². The average Bonchev–Trinajstić information content (AvgIpc) is 2.67. The van der Waals surface area contributed by atoms with Crippen LogP contribution in [0.1, 0.15) is 12.8 Å². The molecule has 1 aromatic heterocycles. The lowest BCUT2D eigenvalue weighted by atomic mass is 10.1. The molecule has 0 aliphatic carbocycles. The molecule has 1 fully saturated rings.